The second kappa shape index (κ2) is 9.19. The van der Waals surface area contributed by atoms with Gasteiger partial charge in [0, 0.05) is 23.4 Å². The Morgan fingerprint density at radius 1 is 0.829 bits per heavy atom. The van der Waals surface area contributed by atoms with Crippen molar-refractivity contribution in [3.05, 3.63) is 126 Å². The fourth-order valence-electron chi connectivity index (χ4n) is 4.05. The van der Waals surface area contributed by atoms with E-state index >= 15 is 0 Å². The molecule has 0 saturated carbocycles. The van der Waals surface area contributed by atoms with Gasteiger partial charge in [0.25, 0.3) is 10.0 Å². The van der Waals surface area contributed by atoms with Crippen LogP contribution in [0.5, 0.6) is 0 Å². The van der Waals surface area contributed by atoms with Crippen molar-refractivity contribution in [1.29, 1.82) is 0 Å². The van der Waals surface area contributed by atoms with E-state index in [0.717, 1.165) is 22.4 Å². The van der Waals surface area contributed by atoms with E-state index in [1.165, 1.54) is 0 Å². The first-order chi connectivity index (χ1) is 16.9. The Bertz CT molecular complexity index is 1620. The number of aryl methyl sites for hydroxylation is 1. The molecule has 0 aliphatic rings. The van der Waals surface area contributed by atoms with Gasteiger partial charge in [-0.1, -0.05) is 66.7 Å². The average Bonchev–Trinajstić information content (AvgIpc) is 3.19. The summed E-state index contributed by atoms with van der Waals surface area (Å²) >= 11 is 0. The highest BCUT2D eigenvalue weighted by molar-refractivity contribution is 7.92. The normalized spacial score (nSPS) is 11.5. The van der Waals surface area contributed by atoms with E-state index in [1.807, 2.05) is 37.3 Å². The Hall–Kier alpha value is -4.23. The Morgan fingerprint density at radius 2 is 1.51 bits per heavy atom. The van der Waals surface area contributed by atoms with Gasteiger partial charge in [0.2, 0.25) is 0 Å². The fourth-order valence-corrected chi connectivity index (χ4v) is 5.10. The number of sulfonamides is 1. The zero-order valence-electron chi connectivity index (χ0n) is 19.0. The van der Waals surface area contributed by atoms with Crippen LogP contribution in [-0.4, -0.2) is 23.8 Å². The highest BCUT2D eigenvalue weighted by Gasteiger charge is 2.16. The van der Waals surface area contributed by atoms with Crippen LogP contribution in [0.4, 0.5) is 5.69 Å². The van der Waals surface area contributed by atoms with E-state index in [-0.39, 0.29) is 10.7 Å². The van der Waals surface area contributed by atoms with Crippen molar-refractivity contribution >= 4 is 32.5 Å². The molecule has 0 spiro atoms. The number of ketones is 1. The summed E-state index contributed by atoms with van der Waals surface area (Å²) in [5.41, 5.74) is 4.22. The number of carbonyl (C=O) groups excluding carboxylic acids is 1. The van der Waals surface area contributed by atoms with E-state index < -0.39 is 10.0 Å². The molecule has 0 atom stereocenters. The van der Waals surface area contributed by atoms with E-state index in [9.17, 15) is 13.2 Å². The standard InChI is InChI=1S/C28H23N3O3S/c1-20-29-26-12-5-6-13-27(26)31(20)19-21-14-16-25(17-15-21)35(33,34)30-24-11-7-10-23(18-24)28(32)22-8-3-2-4-9-22/h2-18,30H,19H2,1H3. The summed E-state index contributed by atoms with van der Waals surface area (Å²) in [6, 6.07) is 30.1. The summed E-state index contributed by atoms with van der Waals surface area (Å²) < 4.78 is 30.7. The van der Waals surface area contributed by atoms with Crippen LogP contribution in [0.2, 0.25) is 0 Å². The maximum atomic E-state index is 13.0. The Kier molecular flexibility index (Phi) is 5.93. The molecule has 0 bridgehead atoms. The molecular weight excluding hydrogens is 458 g/mol. The van der Waals surface area contributed by atoms with Gasteiger partial charge in [0.15, 0.2) is 5.78 Å². The average molecular weight is 482 g/mol. The third-order valence-electron chi connectivity index (χ3n) is 5.83. The molecule has 174 valence electrons. The zero-order valence-corrected chi connectivity index (χ0v) is 19.9. The first-order valence-corrected chi connectivity index (χ1v) is 12.6. The van der Waals surface area contributed by atoms with Gasteiger partial charge in [0.1, 0.15) is 5.82 Å². The monoisotopic (exact) mass is 481 g/mol. The lowest BCUT2D eigenvalue weighted by atomic mass is 10.0. The van der Waals surface area contributed by atoms with Crippen LogP contribution >= 0.6 is 0 Å². The van der Waals surface area contributed by atoms with Crippen LogP contribution < -0.4 is 4.72 Å². The van der Waals surface area contributed by atoms with Gasteiger partial charge >= 0.3 is 0 Å². The molecular formula is C28H23N3O3S. The minimum atomic E-state index is -3.82. The number of hydrogen-bond donors (Lipinski definition) is 1. The van der Waals surface area contributed by atoms with Crippen molar-refractivity contribution in [3.8, 4) is 0 Å². The Labute approximate surface area is 203 Å². The number of aromatic nitrogens is 2. The summed E-state index contributed by atoms with van der Waals surface area (Å²) in [7, 11) is -3.82. The summed E-state index contributed by atoms with van der Waals surface area (Å²) in [6.07, 6.45) is 0. The lowest BCUT2D eigenvalue weighted by Gasteiger charge is -2.11. The van der Waals surface area contributed by atoms with E-state index in [1.54, 1.807) is 72.8 Å². The third-order valence-corrected chi connectivity index (χ3v) is 7.23. The Balaban J connectivity index is 1.34. The van der Waals surface area contributed by atoms with Crippen LogP contribution in [0.3, 0.4) is 0 Å². The van der Waals surface area contributed by atoms with Crippen LogP contribution in [0.25, 0.3) is 11.0 Å². The van der Waals surface area contributed by atoms with Crippen molar-refractivity contribution in [2.45, 2.75) is 18.4 Å². The molecule has 5 aromatic rings. The molecule has 1 heterocycles. The molecule has 6 nitrogen and oxygen atoms in total. The van der Waals surface area contributed by atoms with Crippen LogP contribution in [0.1, 0.15) is 27.3 Å². The number of hydrogen-bond acceptors (Lipinski definition) is 4. The van der Waals surface area contributed by atoms with E-state index in [4.69, 9.17) is 0 Å². The van der Waals surface area contributed by atoms with Crippen molar-refractivity contribution in [2.24, 2.45) is 0 Å². The predicted molar refractivity (Wildman–Crippen MR) is 137 cm³/mol. The summed E-state index contributed by atoms with van der Waals surface area (Å²) in [4.78, 5) is 17.5. The van der Waals surface area contributed by atoms with Gasteiger partial charge < -0.3 is 4.57 Å². The second-order valence-corrected chi connectivity index (χ2v) is 9.94. The van der Waals surface area contributed by atoms with Gasteiger partial charge in [-0.2, -0.15) is 0 Å². The van der Waals surface area contributed by atoms with Crippen molar-refractivity contribution in [1.82, 2.24) is 9.55 Å². The Morgan fingerprint density at radius 3 is 2.29 bits per heavy atom. The van der Waals surface area contributed by atoms with Crippen LogP contribution in [0.15, 0.2) is 108 Å². The molecule has 0 saturated heterocycles. The summed E-state index contributed by atoms with van der Waals surface area (Å²) in [6.45, 7) is 2.54. The molecule has 35 heavy (non-hydrogen) atoms. The molecule has 0 aliphatic heterocycles. The molecule has 5 rings (SSSR count). The van der Waals surface area contributed by atoms with Gasteiger partial charge in [-0.05, 0) is 48.9 Å². The quantitative estimate of drug-likeness (QED) is 0.315. The summed E-state index contributed by atoms with van der Waals surface area (Å²) in [5, 5.41) is 0. The lowest BCUT2D eigenvalue weighted by Crippen LogP contribution is -2.13. The van der Waals surface area contributed by atoms with Crippen molar-refractivity contribution in [3.63, 3.8) is 0 Å². The number of fused-ring (bicyclic) bond motifs is 1. The topological polar surface area (TPSA) is 81.1 Å². The number of para-hydroxylation sites is 2. The zero-order chi connectivity index (χ0) is 24.4. The first kappa shape index (κ1) is 22.6. The maximum Gasteiger partial charge on any atom is 0.261 e. The highest BCUT2D eigenvalue weighted by atomic mass is 32.2. The molecule has 0 amide bonds. The molecule has 7 heteroatoms. The van der Waals surface area contributed by atoms with Gasteiger partial charge in [-0.25, -0.2) is 13.4 Å². The SMILES string of the molecule is Cc1nc2ccccc2n1Cc1ccc(S(=O)(=O)Nc2cccc(C(=O)c3ccccc3)c2)cc1. The van der Waals surface area contributed by atoms with Crippen LogP contribution in [0, 0.1) is 6.92 Å². The molecule has 0 fully saturated rings. The molecule has 1 N–H and O–H groups in total. The number of anilines is 1. The lowest BCUT2D eigenvalue weighted by molar-refractivity contribution is 0.103. The number of nitrogens with zero attached hydrogens (tertiary/aromatic N) is 2. The van der Waals surface area contributed by atoms with E-state index in [2.05, 4.69) is 14.3 Å². The molecule has 0 radical (unpaired) electrons. The minimum absolute atomic E-state index is 0.147. The number of carbonyl (C=O) groups is 1. The smallest absolute Gasteiger partial charge is 0.261 e. The predicted octanol–water partition coefficient (Wildman–Crippen LogP) is 5.42. The van der Waals surface area contributed by atoms with Gasteiger partial charge in [-0.15, -0.1) is 0 Å². The molecule has 0 unspecified atom stereocenters. The van der Waals surface area contributed by atoms with Crippen LogP contribution in [-0.2, 0) is 16.6 Å². The molecule has 1 aromatic heterocycles. The number of benzene rings is 4. The van der Waals surface area contributed by atoms with Gasteiger partial charge in [0.05, 0.1) is 15.9 Å². The highest BCUT2D eigenvalue weighted by Crippen LogP contribution is 2.21. The maximum absolute atomic E-state index is 13.0. The summed E-state index contributed by atoms with van der Waals surface area (Å²) in [5.74, 6) is 0.729. The minimum Gasteiger partial charge on any atom is -0.324 e. The number of nitrogens with one attached hydrogen (secondary N) is 1. The number of rotatable bonds is 7. The fraction of sp³-hybridized carbons (Fsp3) is 0.0714. The van der Waals surface area contributed by atoms with Crippen molar-refractivity contribution in [2.75, 3.05) is 4.72 Å². The first-order valence-electron chi connectivity index (χ1n) is 11.1. The third kappa shape index (κ3) is 4.72. The van der Waals surface area contributed by atoms with E-state index in [0.29, 0.717) is 23.4 Å². The van der Waals surface area contributed by atoms with Gasteiger partial charge in [-0.3, -0.25) is 9.52 Å². The number of imidazole rings is 1. The molecule has 4 aromatic carbocycles. The largest absolute Gasteiger partial charge is 0.324 e. The molecule has 0 aliphatic carbocycles. The van der Waals surface area contributed by atoms with Crippen molar-refractivity contribution < 1.29 is 13.2 Å². The second-order valence-electron chi connectivity index (χ2n) is 8.26.